The number of hydrogen-bond donors (Lipinski definition) is 1. The van der Waals surface area contributed by atoms with E-state index in [1.807, 2.05) is 13.8 Å². The fourth-order valence-electron chi connectivity index (χ4n) is 0.608. The molecule has 3 nitrogen and oxygen atoms in total. The quantitative estimate of drug-likeness (QED) is 0.583. The maximum absolute atomic E-state index is 10.5. The number of terminal acetylenes is 1. The summed E-state index contributed by atoms with van der Waals surface area (Å²) >= 11 is 0. The zero-order chi connectivity index (χ0) is 9.56. The van der Waals surface area contributed by atoms with Gasteiger partial charge in [-0.15, -0.1) is 6.42 Å². The van der Waals surface area contributed by atoms with E-state index in [4.69, 9.17) is 6.42 Å². The molecule has 12 heavy (non-hydrogen) atoms. The topological polar surface area (TPSA) is 45.8 Å². The molecular formula is C9H12N2O. The largest absolute Gasteiger partial charge is 0.345 e. The molecule has 0 unspecified atom stereocenters. The third kappa shape index (κ3) is 2.59. The van der Waals surface area contributed by atoms with Gasteiger partial charge in [0.2, 0.25) is 0 Å². The van der Waals surface area contributed by atoms with Crippen molar-refractivity contribution in [1.29, 1.82) is 0 Å². The molecule has 1 aromatic rings. The summed E-state index contributed by atoms with van der Waals surface area (Å²) in [4.78, 5) is 16.4. The summed E-state index contributed by atoms with van der Waals surface area (Å²) in [7, 11) is 0. The Morgan fingerprint density at radius 2 is 2.17 bits per heavy atom. The standard InChI is InChI=1S/C7H6N2O.C2H6/c1-3-6-5(2)4-8-7(10)9-6;1-2/h1,4H,2H3,(H,8,9,10);1-2H3. The van der Waals surface area contributed by atoms with Crippen LogP contribution in [0.1, 0.15) is 25.1 Å². The van der Waals surface area contributed by atoms with Crippen molar-refractivity contribution in [3.8, 4) is 12.3 Å². The summed E-state index contributed by atoms with van der Waals surface area (Å²) < 4.78 is 0. The third-order valence-corrected chi connectivity index (χ3v) is 1.15. The maximum atomic E-state index is 10.5. The smallest absolute Gasteiger partial charge is 0.299 e. The molecule has 0 amide bonds. The molecule has 0 aliphatic rings. The van der Waals surface area contributed by atoms with Crippen molar-refractivity contribution in [2.24, 2.45) is 0 Å². The minimum atomic E-state index is -0.404. The number of nitrogens with one attached hydrogen (secondary N) is 1. The summed E-state index contributed by atoms with van der Waals surface area (Å²) in [5.74, 6) is 2.34. The predicted octanol–water partition coefficient (Wildman–Crippen LogP) is 1.09. The fourth-order valence-corrected chi connectivity index (χ4v) is 0.608. The van der Waals surface area contributed by atoms with Crippen molar-refractivity contribution in [1.82, 2.24) is 9.97 Å². The number of rotatable bonds is 0. The van der Waals surface area contributed by atoms with Crippen molar-refractivity contribution < 1.29 is 0 Å². The molecule has 0 saturated carbocycles. The summed E-state index contributed by atoms with van der Waals surface area (Å²) in [5.41, 5.74) is 0.903. The predicted molar refractivity (Wildman–Crippen MR) is 48.9 cm³/mol. The second-order valence-electron chi connectivity index (χ2n) is 1.89. The van der Waals surface area contributed by atoms with Crippen molar-refractivity contribution in [2.45, 2.75) is 20.8 Å². The molecule has 1 N–H and O–H groups in total. The second kappa shape index (κ2) is 5.14. The number of aromatic amines is 1. The van der Waals surface area contributed by atoms with Crippen LogP contribution in [-0.4, -0.2) is 9.97 Å². The summed E-state index contributed by atoms with van der Waals surface area (Å²) in [6, 6.07) is 0. The summed E-state index contributed by atoms with van der Waals surface area (Å²) in [5, 5.41) is 0. The van der Waals surface area contributed by atoms with Gasteiger partial charge in [-0.1, -0.05) is 19.8 Å². The molecule has 0 fully saturated rings. The van der Waals surface area contributed by atoms with Crippen molar-refractivity contribution in [2.75, 3.05) is 0 Å². The van der Waals surface area contributed by atoms with Crippen LogP contribution < -0.4 is 5.69 Å². The van der Waals surface area contributed by atoms with E-state index in [9.17, 15) is 4.79 Å². The Hall–Kier alpha value is -1.56. The Morgan fingerprint density at radius 3 is 2.58 bits per heavy atom. The molecule has 0 aromatic carbocycles. The highest BCUT2D eigenvalue weighted by Gasteiger charge is 1.93. The molecule has 0 saturated heterocycles. The van der Waals surface area contributed by atoms with Gasteiger partial charge < -0.3 is 0 Å². The second-order valence-corrected chi connectivity index (χ2v) is 1.89. The van der Waals surface area contributed by atoms with E-state index in [1.165, 1.54) is 6.20 Å². The highest BCUT2D eigenvalue weighted by molar-refractivity contribution is 5.29. The molecule has 3 heteroatoms. The van der Waals surface area contributed by atoms with E-state index in [0.29, 0.717) is 5.69 Å². The fraction of sp³-hybridized carbons (Fsp3) is 0.333. The maximum Gasteiger partial charge on any atom is 0.345 e. The number of hydrogen-bond acceptors (Lipinski definition) is 2. The molecule has 1 rings (SSSR count). The van der Waals surface area contributed by atoms with E-state index >= 15 is 0 Å². The van der Waals surface area contributed by atoms with E-state index in [1.54, 1.807) is 6.92 Å². The Labute approximate surface area is 71.9 Å². The van der Waals surface area contributed by atoms with Crippen LogP contribution in [0.5, 0.6) is 0 Å². The van der Waals surface area contributed by atoms with Crippen molar-refractivity contribution in [3.63, 3.8) is 0 Å². The van der Waals surface area contributed by atoms with Crippen LogP contribution in [0.4, 0.5) is 0 Å². The minimum Gasteiger partial charge on any atom is -0.299 e. The molecule has 0 radical (unpaired) electrons. The van der Waals surface area contributed by atoms with Gasteiger partial charge in [0.05, 0.1) is 5.69 Å². The lowest BCUT2D eigenvalue weighted by molar-refractivity contribution is 1.03. The van der Waals surface area contributed by atoms with E-state index < -0.39 is 5.69 Å². The molecule has 0 aliphatic carbocycles. The Kier molecular flexibility index (Phi) is 4.47. The molecule has 1 heterocycles. The average Bonchev–Trinajstić information content (AvgIpc) is 2.13. The number of aromatic nitrogens is 2. The van der Waals surface area contributed by atoms with Crippen LogP contribution in [0.25, 0.3) is 0 Å². The van der Waals surface area contributed by atoms with E-state index in [0.717, 1.165) is 5.56 Å². The monoisotopic (exact) mass is 164 g/mol. The first-order valence-corrected chi connectivity index (χ1v) is 3.76. The summed E-state index contributed by atoms with van der Waals surface area (Å²) in [6.07, 6.45) is 6.52. The van der Waals surface area contributed by atoms with Crippen molar-refractivity contribution in [3.05, 3.63) is 27.9 Å². The molecule has 0 bridgehead atoms. The van der Waals surface area contributed by atoms with Gasteiger partial charge >= 0.3 is 5.69 Å². The first kappa shape index (κ1) is 10.4. The zero-order valence-electron chi connectivity index (χ0n) is 7.51. The molecule has 64 valence electrons. The lowest BCUT2D eigenvalue weighted by Crippen LogP contribution is -2.11. The molecule has 0 atom stereocenters. The van der Waals surface area contributed by atoms with Crippen LogP contribution in [0.2, 0.25) is 0 Å². The van der Waals surface area contributed by atoms with Crippen LogP contribution in [0, 0.1) is 19.3 Å². The average molecular weight is 164 g/mol. The third-order valence-electron chi connectivity index (χ3n) is 1.15. The van der Waals surface area contributed by atoms with Gasteiger partial charge in [0, 0.05) is 6.20 Å². The lowest BCUT2D eigenvalue weighted by atomic mass is 10.3. The number of aryl methyl sites for hydroxylation is 1. The van der Waals surface area contributed by atoms with Gasteiger partial charge in [-0.05, 0) is 12.5 Å². The van der Waals surface area contributed by atoms with Crippen molar-refractivity contribution >= 4 is 0 Å². The minimum absolute atomic E-state index is 0.404. The SMILES string of the molecule is C#Cc1[nH]c(=O)ncc1C.CC. The van der Waals surface area contributed by atoms with Crippen LogP contribution in [-0.2, 0) is 0 Å². The molecule has 0 spiro atoms. The summed E-state index contributed by atoms with van der Waals surface area (Å²) in [6.45, 7) is 5.79. The zero-order valence-corrected chi connectivity index (χ0v) is 7.51. The molecule has 1 aromatic heterocycles. The Balaban J connectivity index is 0.000000561. The van der Waals surface area contributed by atoms with Gasteiger partial charge in [0.25, 0.3) is 0 Å². The highest BCUT2D eigenvalue weighted by atomic mass is 16.1. The lowest BCUT2D eigenvalue weighted by Gasteiger charge is -1.92. The first-order chi connectivity index (χ1) is 5.74. The van der Waals surface area contributed by atoms with E-state index in [-0.39, 0.29) is 0 Å². The van der Waals surface area contributed by atoms with Gasteiger partial charge in [-0.25, -0.2) is 9.78 Å². The van der Waals surface area contributed by atoms with Crippen LogP contribution >= 0.6 is 0 Å². The van der Waals surface area contributed by atoms with Gasteiger partial charge in [0.15, 0.2) is 0 Å². The molecular weight excluding hydrogens is 152 g/mol. The highest BCUT2D eigenvalue weighted by Crippen LogP contribution is 1.94. The van der Waals surface area contributed by atoms with Crippen LogP contribution in [0.3, 0.4) is 0 Å². The molecule has 0 aliphatic heterocycles. The first-order valence-electron chi connectivity index (χ1n) is 3.76. The number of nitrogens with zero attached hydrogens (tertiary/aromatic N) is 1. The Morgan fingerprint density at radius 1 is 1.58 bits per heavy atom. The Bertz CT molecular complexity index is 333. The van der Waals surface area contributed by atoms with Gasteiger partial charge in [0.1, 0.15) is 0 Å². The van der Waals surface area contributed by atoms with E-state index in [2.05, 4.69) is 15.9 Å². The van der Waals surface area contributed by atoms with Gasteiger partial charge in [-0.2, -0.15) is 0 Å². The van der Waals surface area contributed by atoms with Gasteiger partial charge in [-0.3, -0.25) is 4.98 Å². The normalized spacial score (nSPS) is 7.83. The van der Waals surface area contributed by atoms with Crippen LogP contribution in [0.15, 0.2) is 11.0 Å². The number of H-pyrrole nitrogens is 1.